The van der Waals surface area contributed by atoms with Gasteiger partial charge in [0.25, 0.3) is 5.91 Å². The molecule has 2 amide bonds. The largest absolute Gasteiger partial charge is 0.462 e. The number of nitrogens with one attached hydrogen (secondary N) is 3. The number of hydrogen-bond acceptors (Lipinski definition) is 7. The van der Waals surface area contributed by atoms with E-state index in [1.807, 2.05) is 30.3 Å². The van der Waals surface area contributed by atoms with Crippen molar-refractivity contribution in [3.8, 4) is 0 Å². The molecule has 1 aliphatic heterocycles. The molecule has 0 fully saturated rings. The summed E-state index contributed by atoms with van der Waals surface area (Å²) < 4.78 is 30.7. The minimum Gasteiger partial charge on any atom is -0.462 e. The summed E-state index contributed by atoms with van der Waals surface area (Å²) in [5.41, 5.74) is 3.98. The first-order valence-corrected chi connectivity index (χ1v) is 13.9. The maximum absolute atomic E-state index is 13.2. The SMILES string of the molecule is CCOC(=O)c1ccc2c(c1)NC(=O)C2=C(Nc1ccc(N(CC(=O)NC)S(C)(=O)=O)cc1)c1ccccc1. The smallest absolute Gasteiger partial charge is 0.338 e. The van der Waals surface area contributed by atoms with E-state index in [2.05, 4.69) is 16.0 Å². The van der Waals surface area contributed by atoms with E-state index in [-0.39, 0.29) is 19.1 Å². The van der Waals surface area contributed by atoms with Crippen LogP contribution in [0.5, 0.6) is 0 Å². The molecule has 0 radical (unpaired) electrons. The van der Waals surface area contributed by atoms with Crippen LogP contribution in [0, 0.1) is 0 Å². The number of nitrogens with zero attached hydrogens (tertiary/aromatic N) is 1. The summed E-state index contributed by atoms with van der Waals surface area (Å²) >= 11 is 0. The van der Waals surface area contributed by atoms with E-state index in [4.69, 9.17) is 4.74 Å². The molecule has 39 heavy (non-hydrogen) atoms. The maximum Gasteiger partial charge on any atom is 0.338 e. The van der Waals surface area contributed by atoms with Crippen LogP contribution in [0.1, 0.15) is 28.4 Å². The van der Waals surface area contributed by atoms with E-state index in [9.17, 15) is 22.8 Å². The highest BCUT2D eigenvalue weighted by molar-refractivity contribution is 7.92. The van der Waals surface area contributed by atoms with Crippen LogP contribution in [0.25, 0.3) is 11.3 Å². The molecule has 3 aromatic rings. The lowest BCUT2D eigenvalue weighted by molar-refractivity contribution is -0.119. The minimum atomic E-state index is -3.71. The summed E-state index contributed by atoms with van der Waals surface area (Å²) in [6.45, 7) is 1.60. The van der Waals surface area contributed by atoms with Crippen molar-refractivity contribution in [1.82, 2.24) is 5.32 Å². The van der Waals surface area contributed by atoms with Gasteiger partial charge in [0.2, 0.25) is 15.9 Å². The topological polar surface area (TPSA) is 134 Å². The van der Waals surface area contributed by atoms with E-state index >= 15 is 0 Å². The number of esters is 1. The van der Waals surface area contributed by atoms with Gasteiger partial charge in [0, 0.05) is 18.3 Å². The predicted octanol–water partition coefficient (Wildman–Crippen LogP) is 3.31. The summed E-state index contributed by atoms with van der Waals surface area (Å²) in [6, 6.07) is 20.7. The van der Waals surface area contributed by atoms with Gasteiger partial charge in [-0.3, -0.25) is 13.9 Å². The van der Waals surface area contributed by atoms with Crippen molar-refractivity contribution in [1.29, 1.82) is 0 Å². The molecule has 3 aromatic carbocycles. The zero-order valence-electron chi connectivity index (χ0n) is 21.6. The van der Waals surface area contributed by atoms with Crippen LogP contribution in [0.4, 0.5) is 17.1 Å². The summed E-state index contributed by atoms with van der Waals surface area (Å²) in [5.74, 6) is -1.27. The van der Waals surface area contributed by atoms with E-state index in [1.54, 1.807) is 49.4 Å². The Morgan fingerprint density at radius 1 is 0.974 bits per heavy atom. The lowest BCUT2D eigenvalue weighted by atomic mass is 9.99. The molecule has 11 heteroatoms. The van der Waals surface area contributed by atoms with Crippen LogP contribution in [-0.2, 0) is 24.3 Å². The normalized spacial score (nSPS) is 13.7. The fourth-order valence-electron chi connectivity index (χ4n) is 4.11. The zero-order valence-corrected chi connectivity index (χ0v) is 22.5. The third-order valence-corrected chi connectivity index (χ3v) is 7.12. The molecule has 10 nitrogen and oxygen atoms in total. The van der Waals surface area contributed by atoms with Crippen molar-refractivity contribution >= 4 is 56.1 Å². The maximum atomic E-state index is 13.2. The molecule has 0 spiro atoms. The Hall–Kier alpha value is -4.64. The Labute approximate surface area is 226 Å². The Bertz CT molecular complexity index is 1550. The molecular weight excluding hydrogens is 520 g/mol. The van der Waals surface area contributed by atoms with Gasteiger partial charge in [0.1, 0.15) is 6.54 Å². The highest BCUT2D eigenvalue weighted by Crippen LogP contribution is 2.38. The molecule has 4 rings (SSSR count). The van der Waals surface area contributed by atoms with Crippen molar-refractivity contribution < 1.29 is 27.5 Å². The van der Waals surface area contributed by atoms with E-state index in [0.717, 1.165) is 16.1 Å². The monoisotopic (exact) mass is 548 g/mol. The third-order valence-electron chi connectivity index (χ3n) is 5.98. The van der Waals surface area contributed by atoms with E-state index in [0.29, 0.717) is 39.5 Å². The number of anilines is 3. The third kappa shape index (κ3) is 6.10. The van der Waals surface area contributed by atoms with Gasteiger partial charge in [0.05, 0.1) is 41.1 Å². The number of carbonyl (C=O) groups is 3. The molecule has 0 bridgehead atoms. The lowest BCUT2D eigenvalue weighted by Gasteiger charge is -2.22. The van der Waals surface area contributed by atoms with Crippen molar-refractivity contribution in [2.75, 3.05) is 41.4 Å². The van der Waals surface area contributed by atoms with Crippen molar-refractivity contribution in [3.63, 3.8) is 0 Å². The van der Waals surface area contributed by atoms with Gasteiger partial charge in [-0.1, -0.05) is 36.4 Å². The Kier molecular flexibility index (Phi) is 8.01. The van der Waals surface area contributed by atoms with E-state index < -0.39 is 21.9 Å². The quantitative estimate of drug-likeness (QED) is 0.276. The standard InChI is InChI=1S/C28H28N4O6S/c1-4-38-28(35)19-10-15-22-23(16-19)31-27(34)25(22)26(18-8-6-5-7-9-18)30-20-11-13-21(14-12-20)32(39(3,36)37)17-24(33)29-2/h5-16,30H,4,17H2,1-3H3,(H,29,33)(H,31,34). The van der Waals surface area contributed by atoms with Crippen LogP contribution >= 0.6 is 0 Å². The van der Waals surface area contributed by atoms with Gasteiger partial charge in [0.15, 0.2) is 0 Å². The molecule has 0 aromatic heterocycles. The van der Waals surface area contributed by atoms with Gasteiger partial charge >= 0.3 is 5.97 Å². The molecule has 0 saturated carbocycles. The minimum absolute atomic E-state index is 0.238. The predicted molar refractivity (Wildman–Crippen MR) is 151 cm³/mol. The van der Waals surface area contributed by atoms with Crippen molar-refractivity contribution in [2.45, 2.75) is 6.92 Å². The molecule has 0 atom stereocenters. The van der Waals surface area contributed by atoms with Gasteiger partial charge in [-0.15, -0.1) is 0 Å². The highest BCUT2D eigenvalue weighted by Gasteiger charge is 2.29. The first-order chi connectivity index (χ1) is 18.6. The number of hydrogen-bond donors (Lipinski definition) is 3. The van der Waals surface area contributed by atoms with Crippen molar-refractivity contribution in [3.05, 3.63) is 89.5 Å². The second-order valence-electron chi connectivity index (χ2n) is 8.67. The summed E-state index contributed by atoms with van der Waals surface area (Å²) in [7, 11) is -2.28. The number of benzene rings is 3. The van der Waals surface area contributed by atoms with Gasteiger partial charge < -0.3 is 20.7 Å². The molecule has 202 valence electrons. The van der Waals surface area contributed by atoms with Gasteiger partial charge in [-0.25, -0.2) is 13.2 Å². The summed E-state index contributed by atoms with van der Waals surface area (Å²) in [4.78, 5) is 37.3. The van der Waals surface area contributed by atoms with Crippen molar-refractivity contribution in [2.24, 2.45) is 0 Å². The molecule has 0 aliphatic carbocycles. The first kappa shape index (κ1) is 27.4. The second kappa shape index (κ2) is 11.4. The van der Waals surface area contributed by atoms with Gasteiger partial charge in [-0.05, 0) is 48.9 Å². The summed E-state index contributed by atoms with van der Waals surface area (Å²) in [6.07, 6.45) is 1.03. The Balaban J connectivity index is 1.74. The van der Waals surface area contributed by atoms with Crippen LogP contribution in [0.2, 0.25) is 0 Å². The molecular formula is C28H28N4O6S. The van der Waals surface area contributed by atoms with Crippen LogP contribution in [0.15, 0.2) is 72.8 Å². The number of ether oxygens (including phenoxy) is 1. The first-order valence-electron chi connectivity index (χ1n) is 12.1. The number of carbonyl (C=O) groups excluding carboxylic acids is 3. The summed E-state index contributed by atoms with van der Waals surface area (Å²) in [5, 5.41) is 8.56. The Morgan fingerprint density at radius 3 is 2.28 bits per heavy atom. The number of rotatable bonds is 9. The molecule has 3 N–H and O–H groups in total. The average molecular weight is 549 g/mol. The van der Waals surface area contributed by atoms with Crippen LogP contribution in [0.3, 0.4) is 0 Å². The lowest BCUT2D eigenvalue weighted by Crippen LogP contribution is -2.39. The highest BCUT2D eigenvalue weighted by atomic mass is 32.2. The number of fused-ring (bicyclic) bond motifs is 1. The fourth-order valence-corrected chi connectivity index (χ4v) is 4.97. The molecule has 0 unspecified atom stereocenters. The van der Waals surface area contributed by atoms with Crippen LogP contribution < -0.4 is 20.3 Å². The number of likely N-dealkylation sites (N-methyl/N-ethyl adjacent to an activating group) is 1. The number of sulfonamides is 1. The molecule has 0 saturated heterocycles. The van der Waals surface area contributed by atoms with Crippen LogP contribution in [-0.4, -0.2) is 52.7 Å². The zero-order chi connectivity index (χ0) is 28.2. The number of amides is 2. The molecule has 1 heterocycles. The Morgan fingerprint density at radius 2 is 1.67 bits per heavy atom. The molecule has 1 aliphatic rings. The van der Waals surface area contributed by atoms with E-state index in [1.165, 1.54) is 7.05 Å². The van der Waals surface area contributed by atoms with Gasteiger partial charge in [-0.2, -0.15) is 0 Å². The fraction of sp³-hybridized carbons (Fsp3) is 0.179. The second-order valence-corrected chi connectivity index (χ2v) is 10.6. The average Bonchev–Trinajstić information content (AvgIpc) is 3.25.